The molecule has 1 amide bonds. The predicted molar refractivity (Wildman–Crippen MR) is 90.7 cm³/mol. The highest BCUT2D eigenvalue weighted by Gasteiger charge is 2.30. The molecule has 0 aliphatic rings. The Morgan fingerprint density at radius 3 is 2.32 bits per heavy atom. The number of amides is 1. The number of halogens is 3. The van der Waals surface area contributed by atoms with Gasteiger partial charge in [-0.1, -0.05) is 0 Å². The van der Waals surface area contributed by atoms with Gasteiger partial charge in [0.25, 0.3) is 5.91 Å². The molecule has 134 valence electrons. The summed E-state index contributed by atoms with van der Waals surface area (Å²) in [6.07, 6.45) is -2.84. The summed E-state index contributed by atoms with van der Waals surface area (Å²) in [6.45, 7) is 1.62. The average Bonchev–Trinajstić information content (AvgIpc) is 2.55. The summed E-state index contributed by atoms with van der Waals surface area (Å²) in [4.78, 5) is 18.2. The summed E-state index contributed by atoms with van der Waals surface area (Å²) in [6, 6.07) is 7.41. The summed E-state index contributed by atoms with van der Waals surface area (Å²) in [5, 5.41) is 5.74. The minimum Gasteiger partial charge on any atom is -0.383 e. The Morgan fingerprint density at radius 2 is 1.80 bits per heavy atom. The number of aromatic nitrogens is 1. The van der Waals surface area contributed by atoms with Crippen LogP contribution in [-0.4, -0.2) is 43.0 Å². The molecule has 0 bridgehead atoms. The average molecular weight is 352 g/mol. The van der Waals surface area contributed by atoms with E-state index in [9.17, 15) is 18.0 Å². The van der Waals surface area contributed by atoms with E-state index in [2.05, 4.69) is 15.6 Å². The van der Waals surface area contributed by atoms with Crippen molar-refractivity contribution in [1.82, 2.24) is 9.88 Å². The zero-order valence-corrected chi connectivity index (χ0v) is 13.9. The van der Waals surface area contributed by atoms with E-state index in [1.807, 2.05) is 19.0 Å². The minimum atomic E-state index is -4.42. The third-order valence-electron chi connectivity index (χ3n) is 3.37. The van der Waals surface area contributed by atoms with Crippen LogP contribution in [0.4, 0.5) is 24.7 Å². The maximum atomic E-state index is 12.5. The highest BCUT2D eigenvalue weighted by molar-refractivity contribution is 6.03. The minimum absolute atomic E-state index is 0.128. The summed E-state index contributed by atoms with van der Waals surface area (Å²) >= 11 is 0. The lowest BCUT2D eigenvalue weighted by atomic mass is 10.1. The first kappa shape index (κ1) is 18.7. The van der Waals surface area contributed by atoms with Crippen LogP contribution < -0.4 is 10.6 Å². The Balaban J connectivity index is 1.94. The maximum Gasteiger partial charge on any atom is 0.416 e. The second-order valence-corrected chi connectivity index (χ2v) is 5.69. The topological polar surface area (TPSA) is 57.3 Å². The van der Waals surface area contributed by atoms with Crippen molar-refractivity contribution < 1.29 is 18.0 Å². The van der Waals surface area contributed by atoms with E-state index < -0.39 is 17.6 Å². The van der Waals surface area contributed by atoms with Crippen molar-refractivity contribution in [1.29, 1.82) is 0 Å². The van der Waals surface area contributed by atoms with Crippen molar-refractivity contribution in [3.8, 4) is 0 Å². The number of alkyl halides is 3. The van der Waals surface area contributed by atoms with Gasteiger partial charge in [-0.05, 0) is 50.5 Å². The van der Waals surface area contributed by atoms with Crippen molar-refractivity contribution in [2.75, 3.05) is 37.8 Å². The SMILES string of the molecule is CN(C)CCNc1ccc(NC(=O)c2ccc(C(F)(F)F)cc2)nc1. The summed E-state index contributed by atoms with van der Waals surface area (Å²) in [5.74, 6) is -0.197. The number of hydrogen-bond donors (Lipinski definition) is 2. The molecule has 0 spiro atoms. The van der Waals surface area contributed by atoms with Gasteiger partial charge in [-0.3, -0.25) is 4.79 Å². The predicted octanol–water partition coefficient (Wildman–Crippen LogP) is 3.33. The number of rotatable bonds is 6. The van der Waals surface area contributed by atoms with Gasteiger partial charge in [0.05, 0.1) is 17.4 Å². The first-order chi connectivity index (χ1) is 11.8. The van der Waals surface area contributed by atoms with Crippen molar-refractivity contribution in [3.63, 3.8) is 0 Å². The van der Waals surface area contributed by atoms with Gasteiger partial charge in [0.15, 0.2) is 0 Å². The van der Waals surface area contributed by atoms with E-state index in [-0.39, 0.29) is 5.56 Å². The molecule has 0 aliphatic heterocycles. The molecular weight excluding hydrogens is 333 g/mol. The monoisotopic (exact) mass is 352 g/mol. The van der Waals surface area contributed by atoms with Crippen LogP contribution in [0.15, 0.2) is 42.6 Å². The van der Waals surface area contributed by atoms with Crippen LogP contribution in [0.2, 0.25) is 0 Å². The molecule has 0 atom stereocenters. The molecule has 1 aromatic carbocycles. The van der Waals surface area contributed by atoms with E-state index in [4.69, 9.17) is 0 Å². The van der Waals surface area contributed by atoms with Crippen LogP contribution in [0.25, 0.3) is 0 Å². The Bertz CT molecular complexity index is 697. The molecule has 2 aromatic rings. The van der Waals surface area contributed by atoms with Gasteiger partial charge >= 0.3 is 6.18 Å². The van der Waals surface area contributed by atoms with E-state index in [1.165, 1.54) is 0 Å². The Hall–Kier alpha value is -2.61. The molecule has 0 radical (unpaired) electrons. The molecule has 0 saturated carbocycles. The van der Waals surface area contributed by atoms with E-state index in [1.54, 1.807) is 18.3 Å². The van der Waals surface area contributed by atoms with Gasteiger partial charge in [0, 0.05) is 18.7 Å². The quantitative estimate of drug-likeness (QED) is 0.837. The van der Waals surface area contributed by atoms with Crippen molar-refractivity contribution in [3.05, 3.63) is 53.7 Å². The Labute approximate surface area is 143 Å². The molecule has 0 aliphatic carbocycles. The molecule has 8 heteroatoms. The van der Waals surface area contributed by atoms with Crippen molar-refractivity contribution >= 4 is 17.4 Å². The molecular formula is C17H19F3N4O. The van der Waals surface area contributed by atoms with Crippen molar-refractivity contribution in [2.24, 2.45) is 0 Å². The Morgan fingerprint density at radius 1 is 1.12 bits per heavy atom. The van der Waals surface area contributed by atoms with E-state index in [0.717, 1.165) is 43.0 Å². The number of nitrogens with zero attached hydrogens (tertiary/aromatic N) is 2. The van der Waals surface area contributed by atoms with Crippen LogP contribution in [-0.2, 0) is 6.18 Å². The molecule has 0 fully saturated rings. The van der Waals surface area contributed by atoms with Crippen LogP contribution >= 0.6 is 0 Å². The number of carbonyl (C=O) groups excluding carboxylic acids is 1. The molecule has 0 saturated heterocycles. The van der Waals surface area contributed by atoms with Gasteiger partial charge in [-0.2, -0.15) is 13.2 Å². The summed E-state index contributed by atoms with van der Waals surface area (Å²) in [5.41, 5.74) is 0.146. The zero-order chi connectivity index (χ0) is 18.4. The van der Waals surface area contributed by atoms with Crippen LogP contribution in [0.1, 0.15) is 15.9 Å². The lowest BCUT2D eigenvalue weighted by molar-refractivity contribution is -0.137. The first-order valence-corrected chi connectivity index (χ1v) is 7.59. The summed E-state index contributed by atoms with van der Waals surface area (Å²) in [7, 11) is 3.94. The summed E-state index contributed by atoms with van der Waals surface area (Å²) < 4.78 is 37.6. The van der Waals surface area contributed by atoms with Gasteiger partial charge in [-0.15, -0.1) is 0 Å². The smallest absolute Gasteiger partial charge is 0.383 e. The largest absolute Gasteiger partial charge is 0.416 e. The van der Waals surface area contributed by atoms with E-state index >= 15 is 0 Å². The standard InChI is InChI=1S/C17H19F3N4O/c1-24(2)10-9-21-14-7-8-15(22-11-14)23-16(25)12-3-5-13(6-4-12)17(18,19)20/h3-8,11,21H,9-10H2,1-2H3,(H,22,23,25). The second-order valence-electron chi connectivity index (χ2n) is 5.69. The van der Waals surface area contributed by atoms with E-state index in [0.29, 0.717) is 5.82 Å². The third kappa shape index (κ3) is 5.75. The second kappa shape index (κ2) is 7.98. The fourth-order valence-electron chi connectivity index (χ4n) is 2.00. The number of pyridine rings is 1. The third-order valence-corrected chi connectivity index (χ3v) is 3.37. The number of carbonyl (C=O) groups is 1. The molecule has 1 heterocycles. The Kier molecular flexibility index (Phi) is 5.97. The van der Waals surface area contributed by atoms with Crippen LogP contribution in [0, 0.1) is 0 Å². The number of likely N-dealkylation sites (N-methyl/N-ethyl adjacent to an activating group) is 1. The lowest BCUT2D eigenvalue weighted by Gasteiger charge is -2.11. The fourth-order valence-corrected chi connectivity index (χ4v) is 2.00. The number of benzene rings is 1. The lowest BCUT2D eigenvalue weighted by Crippen LogP contribution is -2.20. The molecule has 0 unspecified atom stereocenters. The van der Waals surface area contributed by atoms with Gasteiger partial charge in [-0.25, -0.2) is 4.98 Å². The number of anilines is 2. The highest BCUT2D eigenvalue weighted by Crippen LogP contribution is 2.29. The fraction of sp³-hybridized carbons (Fsp3) is 0.294. The molecule has 5 nitrogen and oxygen atoms in total. The van der Waals surface area contributed by atoms with Crippen LogP contribution in [0.3, 0.4) is 0 Å². The maximum absolute atomic E-state index is 12.5. The van der Waals surface area contributed by atoms with Gasteiger partial charge < -0.3 is 15.5 Å². The van der Waals surface area contributed by atoms with Crippen molar-refractivity contribution in [2.45, 2.75) is 6.18 Å². The normalized spacial score (nSPS) is 11.4. The molecule has 25 heavy (non-hydrogen) atoms. The number of hydrogen-bond acceptors (Lipinski definition) is 4. The molecule has 2 N–H and O–H groups in total. The molecule has 1 aromatic heterocycles. The zero-order valence-electron chi connectivity index (χ0n) is 13.9. The van der Waals surface area contributed by atoms with Crippen LogP contribution in [0.5, 0.6) is 0 Å². The molecule has 2 rings (SSSR count). The van der Waals surface area contributed by atoms with Gasteiger partial charge in [0.1, 0.15) is 5.82 Å². The first-order valence-electron chi connectivity index (χ1n) is 7.59. The number of nitrogens with one attached hydrogen (secondary N) is 2. The van der Waals surface area contributed by atoms with Gasteiger partial charge in [0.2, 0.25) is 0 Å². The highest BCUT2D eigenvalue weighted by atomic mass is 19.4.